The fourth-order valence-corrected chi connectivity index (χ4v) is 4.74. The standard InChI is InChI=1S/C19H29NO/c1-13-8-14(2)10-16(9-13)19(20-3)17-11-15-6-4-5-7-18(15)21-12-17/h4-7,13-14,16-17,19-20H,8-12H2,1-3H3. The van der Waals surface area contributed by atoms with E-state index in [2.05, 4.69) is 50.5 Å². The molecule has 2 nitrogen and oxygen atoms in total. The van der Waals surface area contributed by atoms with E-state index in [9.17, 15) is 0 Å². The summed E-state index contributed by atoms with van der Waals surface area (Å²) in [5, 5.41) is 3.63. The maximum Gasteiger partial charge on any atom is 0.122 e. The molecule has 1 aliphatic heterocycles. The predicted octanol–water partition coefficient (Wildman–Crippen LogP) is 3.90. The van der Waals surface area contributed by atoms with Gasteiger partial charge in [0.15, 0.2) is 0 Å². The summed E-state index contributed by atoms with van der Waals surface area (Å²) in [7, 11) is 2.13. The van der Waals surface area contributed by atoms with Crippen LogP contribution in [0.5, 0.6) is 5.75 Å². The summed E-state index contributed by atoms with van der Waals surface area (Å²) in [6, 6.07) is 9.11. The van der Waals surface area contributed by atoms with E-state index in [0.29, 0.717) is 12.0 Å². The maximum absolute atomic E-state index is 6.02. The van der Waals surface area contributed by atoms with Crippen LogP contribution in [-0.4, -0.2) is 19.7 Å². The largest absolute Gasteiger partial charge is 0.493 e. The van der Waals surface area contributed by atoms with Crippen molar-refractivity contribution in [1.29, 1.82) is 0 Å². The molecule has 1 aromatic carbocycles. The number of para-hydroxylation sites is 1. The normalized spacial score (nSPS) is 33.9. The Bertz CT molecular complexity index is 462. The Morgan fingerprint density at radius 3 is 2.48 bits per heavy atom. The molecule has 1 saturated carbocycles. The molecule has 3 rings (SSSR count). The monoisotopic (exact) mass is 287 g/mol. The highest BCUT2D eigenvalue weighted by Crippen LogP contribution is 2.38. The van der Waals surface area contributed by atoms with Crippen LogP contribution in [0.2, 0.25) is 0 Å². The van der Waals surface area contributed by atoms with Gasteiger partial charge in [0, 0.05) is 12.0 Å². The first kappa shape index (κ1) is 14.9. The molecule has 1 aromatic rings. The number of benzene rings is 1. The van der Waals surface area contributed by atoms with Gasteiger partial charge >= 0.3 is 0 Å². The number of nitrogens with one attached hydrogen (secondary N) is 1. The smallest absolute Gasteiger partial charge is 0.122 e. The molecule has 4 unspecified atom stereocenters. The lowest BCUT2D eigenvalue weighted by atomic mass is 9.70. The summed E-state index contributed by atoms with van der Waals surface area (Å²) in [6.45, 7) is 5.70. The number of ether oxygens (including phenoxy) is 1. The highest BCUT2D eigenvalue weighted by Gasteiger charge is 2.35. The van der Waals surface area contributed by atoms with Gasteiger partial charge in [-0.2, -0.15) is 0 Å². The SMILES string of the molecule is CNC(C1COc2ccccc2C1)C1CC(C)CC(C)C1. The second-order valence-corrected chi connectivity index (χ2v) is 7.37. The van der Waals surface area contributed by atoms with Crippen molar-refractivity contribution < 1.29 is 4.74 Å². The van der Waals surface area contributed by atoms with Gasteiger partial charge < -0.3 is 10.1 Å². The van der Waals surface area contributed by atoms with Gasteiger partial charge in [0.1, 0.15) is 5.75 Å². The van der Waals surface area contributed by atoms with Crippen LogP contribution in [0.3, 0.4) is 0 Å². The maximum atomic E-state index is 6.02. The minimum atomic E-state index is 0.587. The first-order valence-corrected chi connectivity index (χ1v) is 8.55. The molecule has 0 bridgehead atoms. The molecule has 1 aliphatic carbocycles. The van der Waals surface area contributed by atoms with Gasteiger partial charge in [-0.25, -0.2) is 0 Å². The van der Waals surface area contributed by atoms with E-state index in [4.69, 9.17) is 4.74 Å². The van der Waals surface area contributed by atoms with Gasteiger partial charge in [-0.3, -0.25) is 0 Å². The van der Waals surface area contributed by atoms with E-state index in [1.807, 2.05) is 0 Å². The Kier molecular flexibility index (Phi) is 4.54. The fourth-order valence-electron chi connectivity index (χ4n) is 4.74. The van der Waals surface area contributed by atoms with Crippen LogP contribution in [0, 0.1) is 23.7 Å². The Morgan fingerprint density at radius 1 is 1.05 bits per heavy atom. The zero-order valence-electron chi connectivity index (χ0n) is 13.6. The molecule has 116 valence electrons. The summed E-state index contributed by atoms with van der Waals surface area (Å²) >= 11 is 0. The zero-order valence-corrected chi connectivity index (χ0v) is 13.6. The number of hydrogen-bond donors (Lipinski definition) is 1. The van der Waals surface area contributed by atoms with E-state index in [-0.39, 0.29) is 0 Å². The molecule has 2 aliphatic rings. The second kappa shape index (κ2) is 6.39. The molecule has 0 amide bonds. The van der Waals surface area contributed by atoms with Crippen LogP contribution < -0.4 is 10.1 Å². The Labute approximate surface area is 129 Å². The van der Waals surface area contributed by atoms with Gasteiger partial charge in [-0.1, -0.05) is 32.0 Å². The summed E-state index contributed by atoms with van der Waals surface area (Å²) < 4.78 is 6.02. The lowest BCUT2D eigenvalue weighted by molar-refractivity contribution is 0.109. The summed E-state index contributed by atoms with van der Waals surface area (Å²) in [4.78, 5) is 0. The van der Waals surface area contributed by atoms with Crippen LogP contribution in [0.4, 0.5) is 0 Å². The topological polar surface area (TPSA) is 21.3 Å². The molecule has 1 fully saturated rings. The average molecular weight is 287 g/mol. The van der Waals surface area contributed by atoms with Crippen LogP contribution in [0.25, 0.3) is 0 Å². The van der Waals surface area contributed by atoms with Gasteiger partial charge in [0.25, 0.3) is 0 Å². The summed E-state index contributed by atoms with van der Waals surface area (Å²) in [5.41, 5.74) is 1.38. The van der Waals surface area contributed by atoms with Crippen molar-refractivity contribution in [2.24, 2.45) is 23.7 Å². The van der Waals surface area contributed by atoms with Crippen LogP contribution in [0.1, 0.15) is 38.7 Å². The number of fused-ring (bicyclic) bond motifs is 1. The average Bonchev–Trinajstić information content (AvgIpc) is 2.47. The molecule has 2 heteroatoms. The van der Waals surface area contributed by atoms with Crippen molar-refractivity contribution in [3.63, 3.8) is 0 Å². The zero-order chi connectivity index (χ0) is 14.8. The molecule has 0 radical (unpaired) electrons. The summed E-state index contributed by atoms with van der Waals surface area (Å²) in [6.07, 6.45) is 5.29. The quantitative estimate of drug-likeness (QED) is 0.910. The molecule has 0 spiro atoms. The lowest BCUT2D eigenvalue weighted by Crippen LogP contribution is -2.47. The van der Waals surface area contributed by atoms with Crippen LogP contribution >= 0.6 is 0 Å². The van der Waals surface area contributed by atoms with Gasteiger partial charge in [-0.05, 0) is 62.1 Å². The molecule has 1 heterocycles. The van der Waals surface area contributed by atoms with Crippen molar-refractivity contribution in [3.05, 3.63) is 29.8 Å². The highest BCUT2D eigenvalue weighted by atomic mass is 16.5. The minimum Gasteiger partial charge on any atom is -0.493 e. The Hall–Kier alpha value is -1.02. The van der Waals surface area contributed by atoms with Gasteiger partial charge in [0.2, 0.25) is 0 Å². The second-order valence-electron chi connectivity index (χ2n) is 7.37. The van der Waals surface area contributed by atoms with E-state index >= 15 is 0 Å². The Morgan fingerprint density at radius 2 is 1.76 bits per heavy atom. The van der Waals surface area contributed by atoms with E-state index in [1.165, 1.54) is 24.8 Å². The van der Waals surface area contributed by atoms with Gasteiger partial charge in [0.05, 0.1) is 6.61 Å². The predicted molar refractivity (Wildman–Crippen MR) is 87.6 cm³/mol. The molecule has 0 saturated heterocycles. The number of hydrogen-bond acceptors (Lipinski definition) is 2. The van der Waals surface area contributed by atoms with Crippen LogP contribution in [0.15, 0.2) is 24.3 Å². The summed E-state index contributed by atoms with van der Waals surface area (Å²) in [5.74, 6) is 4.23. The molecule has 4 atom stereocenters. The third kappa shape index (κ3) is 3.26. The van der Waals surface area contributed by atoms with Crippen molar-refractivity contribution in [1.82, 2.24) is 5.32 Å². The third-order valence-corrected chi connectivity index (χ3v) is 5.47. The van der Waals surface area contributed by atoms with Crippen LogP contribution in [-0.2, 0) is 6.42 Å². The third-order valence-electron chi connectivity index (χ3n) is 5.47. The first-order valence-electron chi connectivity index (χ1n) is 8.55. The van der Waals surface area contributed by atoms with Gasteiger partial charge in [-0.15, -0.1) is 0 Å². The minimum absolute atomic E-state index is 0.587. The van der Waals surface area contributed by atoms with Crippen molar-refractivity contribution >= 4 is 0 Å². The Balaban J connectivity index is 1.72. The molecule has 21 heavy (non-hydrogen) atoms. The van der Waals surface area contributed by atoms with E-state index < -0.39 is 0 Å². The van der Waals surface area contributed by atoms with Crippen molar-refractivity contribution in [3.8, 4) is 5.75 Å². The lowest BCUT2D eigenvalue weighted by Gasteiger charge is -2.41. The van der Waals surface area contributed by atoms with E-state index in [1.54, 1.807) is 0 Å². The molecular formula is C19H29NO. The van der Waals surface area contributed by atoms with Crippen molar-refractivity contribution in [2.45, 2.75) is 45.6 Å². The van der Waals surface area contributed by atoms with Crippen molar-refractivity contribution in [2.75, 3.05) is 13.7 Å². The number of rotatable bonds is 3. The molecular weight excluding hydrogens is 258 g/mol. The van der Waals surface area contributed by atoms with E-state index in [0.717, 1.165) is 36.5 Å². The molecule has 0 aromatic heterocycles. The fraction of sp³-hybridized carbons (Fsp3) is 0.684. The first-order chi connectivity index (χ1) is 10.2. The molecule has 1 N–H and O–H groups in total. The highest BCUT2D eigenvalue weighted by molar-refractivity contribution is 5.35.